The third kappa shape index (κ3) is 4.40. The van der Waals surface area contributed by atoms with E-state index < -0.39 is 0 Å². The van der Waals surface area contributed by atoms with Gasteiger partial charge >= 0.3 is 0 Å². The summed E-state index contributed by atoms with van der Waals surface area (Å²) in [4.78, 5) is 17.5. The first-order valence-corrected chi connectivity index (χ1v) is 9.98. The molecule has 0 aliphatic carbocycles. The van der Waals surface area contributed by atoms with Crippen LogP contribution in [0, 0.1) is 0 Å². The van der Waals surface area contributed by atoms with Gasteiger partial charge in [0.15, 0.2) is 17.1 Å². The number of nitrogens with zero attached hydrogens (tertiary/aromatic N) is 2. The van der Waals surface area contributed by atoms with Gasteiger partial charge in [-0.15, -0.1) is 0 Å². The number of nitrogens with one attached hydrogen (secondary N) is 1. The van der Waals surface area contributed by atoms with Crippen molar-refractivity contribution in [3.05, 3.63) is 58.8 Å². The Morgan fingerprint density at radius 2 is 1.86 bits per heavy atom. The van der Waals surface area contributed by atoms with Gasteiger partial charge in [0.2, 0.25) is 0 Å². The summed E-state index contributed by atoms with van der Waals surface area (Å²) in [5, 5.41) is 4.36. The summed E-state index contributed by atoms with van der Waals surface area (Å²) in [7, 11) is 3.75. The lowest BCUT2D eigenvalue weighted by atomic mass is 10.1. The second-order valence-corrected chi connectivity index (χ2v) is 7.76. The van der Waals surface area contributed by atoms with E-state index in [-0.39, 0.29) is 11.7 Å². The standard InChI is InChI=1S/C22H24ClN3O3/c1-25-9-11-26(12-10-25)14-15-3-8-19(28-2)21-18(15)13-20(29-21)22(27)24-17-6-4-16(23)5-7-17/h3-8,13H,9-12,14H2,1-2H3,(H,24,27). The molecule has 1 aliphatic rings. The molecule has 0 spiro atoms. The van der Waals surface area contributed by atoms with Crippen LogP contribution in [0.15, 0.2) is 46.9 Å². The Bertz CT molecular complexity index is 1010. The molecule has 1 aromatic heterocycles. The number of carbonyl (C=O) groups excluding carboxylic acids is 1. The van der Waals surface area contributed by atoms with Gasteiger partial charge in [0.1, 0.15) is 0 Å². The summed E-state index contributed by atoms with van der Waals surface area (Å²) in [5.74, 6) is 0.558. The first-order chi connectivity index (χ1) is 14.0. The predicted octanol–water partition coefficient (Wildman–Crippen LogP) is 4.09. The second-order valence-electron chi connectivity index (χ2n) is 7.32. The Labute approximate surface area is 175 Å². The van der Waals surface area contributed by atoms with Crippen molar-refractivity contribution in [2.75, 3.05) is 45.7 Å². The van der Waals surface area contributed by atoms with E-state index in [0.717, 1.165) is 43.7 Å². The fourth-order valence-electron chi connectivity index (χ4n) is 3.54. The van der Waals surface area contributed by atoms with Gasteiger partial charge in [0.25, 0.3) is 5.91 Å². The molecule has 0 unspecified atom stereocenters. The lowest BCUT2D eigenvalue weighted by Gasteiger charge is -2.32. The number of hydrogen-bond donors (Lipinski definition) is 1. The molecule has 1 saturated heterocycles. The normalized spacial score (nSPS) is 15.6. The average molecular weight is 414 g/mol. The SMILES string of the molecule is COc1ccc(CN2CCN(C)CC2)c2cc(C(=O)Nc3ccc(Cl)cc3)oc12. The Balaban J connectivity index is 1.60. The highest BCUT2D eigenvalue weighted by Crippen LogP contribution is 2.32. The summed E-state index contributed by atoms with van der Waals surface area (Å²) in [6.07, 6.45) is 0. The molecule has 0 radical (unpaired) electrons. The lowest BCUT2D eigenvalue weighted by molar-refractivity contribution is 0.0998. The van der Waals surface area contributed by atoms with Crippen molar-refractivity contribution >= 4 is 34.2 Å². The molecule has 0 saturated carbocycles. The third-order valence-electron chi connectivity index (χ3n) is 5.27. The molecule has 1 amide bonds. The van der Waals surface area contributed by atoms with Gasteiger partial charge in [-0.25, -0.2) is 0 Å². The number of rotatable bonds is 5. The lowest BCUT2D eigenvalue weighted by Crippen LogP contribution is -2.43. The molecule has 29 heavy (non-hydrogen) atoms. The Morgan fingerprint density at radius 1 is 1.14 bits per heavy atom. The van der Waals surface area contributed by atoms with Gasteiger partial charge in [-0.3, -0.25) is 9.69 Å². The fraction of sp³-hybridized carbons (Fsp3) is 0.318. The maximum Gasteiger partial charge on any atom is 0.291 e. The van der Waals surface area contributed by atoms with Crippen LogP contribution >= 0.6 is 11.6 Å². The second kappa shape index (κ2) is 8.45. The molecule has 3 aromatic rings. The fourth-order valence-corrected chi connectivity index (χ4v) is 3.66. The van der Waals surface area contributed by atoms with Crippen molar-refractivity contribution in [3.63, 3.8) is 0 Å². The number of likely N-dealkylation sites (N-methyl/N-ethyl adjacent to an activating group) is 1. The minimum Gasteiger partial charge on any atom is -0.493 e. The third-order valence-corrected chi connectivity index (χ3v) is 5.53. The minimum atomic E-state index is -0.309. The van der Waals surface area contributed by atoms with Crippen molar-refractivity contribution in [1.82, 2.24) is 9.80 Å². The molecule has 4 rings (SSSR count). The quantitative estimate of drug-likeness (QED) is 0.682. The number of anilines is 1. The number of ether oxygens (including phenoxy) is 1. The number of methoxy groups -OCH3 is 1. The van der Waals surface area contributed by atoms with Crippen LogP contribution in [0.4, 0.5) is 5.69 Å². The van der Waals surface area contributed by atoms with Crippen LogP contribution in [-0.4, -0.2) is 56.0 Å². The van der Waals surface area contributed by atoms with Crippen LogP contribution in [0.2, 0.25) is 5.02 Å². The van der Waals surface area contributed by atoms with E-state index in [4.69, 9.17) is 20.8 Å². The molecule has 0 atom stereocenters. The summed E-state index contributed by atoms with van der Waals surface area (Å²) in [6, 6.07) is 12.7. The molecule has 2 aromatic carbocycles. The number of amides is 1. The molecule has 1 aliphatic heterocycles. The average Bonchev–Trinajstić information content (AvgIpc) is 3.18. The summed E-state index contributed by atoms with van der Waals surface area (Å²) >= 11 is 5.91. The highest BCUT2D eigenvalue weighted by atomic mass is 35.5. The monoisotopic (exact) mass is 413 g/mol. The molecule has 1 fully saturated rings. The van der Waals surface area contributed by atoms with Crippen molar-refractivity contribution < 1.29 is 13.9 Å². The highest BCUT2D eigenvalue weighted by molar-refractivity contribution is 6.30. The number of carbonyl (C=O) groups is 1. The van der Waals surface area contributed by atoms with Crippen LogP contribution in [-0.2, 0) is 6.54 Å². The molecule has 2 heterocycles. The van der Waals surface area contributed by atoms with E-state index in [1.165, 1.54) is 0 Å². The van der Waals surface area contributed by atoms with Crippen molar-refractivity contribution in [3.8, 4) is 5.75 Å². The van der Waals surface area contributed by atoms with Gasteiger partial charge < -0.3 is 19.4 Å². The van der Waals surface area contributed by atoms with Crippen molar-refractivity contribution in [1.29, 1.82) is 0 Å². The largest absolute Gasteiger partial charge is 0.493 e. The van der Waals surface area contributed by atoms with Crippen LogP contribution in [0.25, 0.3) is 11.0 Å². The molecular weight excluding hydrogens is 390 g/mol. The van der Waals surface area contributed by atoms with Gasteiger partial charge in [-0.1, -0.05) is 17.7 Å². The molecular formula is C22H24ClN3O3. The summed E-state index contributed by atoms with van der Waals surface area (Å²) in [6.45, 7) is 4.96. The van der Waals surface area contributed by atoms with Crippen molar-refractivity contribution in [2.24, 2.45) is 0 Å². The number of piperazine rings is 1. The van der Waals surface area contributed by atoms with E-state index in [0.29, 0.717) is 22.0 Å². The molecule has 6 nitrogen and oxygen atoms in total. The zero-order valence-electron chi connectivity index (χ0n) is 16.6. The number of benzene rings is 2. The zero-order valence-corrected chi connectivity index (χ0v) is 17.3. The van der Waals surface area contributed by atoms with E-state index in [9.17, 15) is 4.79 Å². The molecule has 7 heteroatoms. The Kier molecular flexibility index (Phi) is 5.76. The number of hydrogen-bond acceptors (Lipinski definition) is 5. The summed E-state index contributed by atoms with van der Waals surface area (Å²) in [5.41, 5.74) is 2.38. The highest BCUT2D eigenvalue weighted by Gasteiger charge is 2.20. The molecule has 0 bridgehead atoms. The van der Waals surface area contributed by atoms with Gasteiger partial charge in [0, 0.05) is 48.8 Å². The van der Waals surface area contributed by atoms with E-state index in [1.54, 1.807) is 37.4 Å². The maximum atomic E-state index is 12.7. The number of furan rings is 1. The first kappa shape index (κ1) is 19.8. The minimum absolute atomic E-state index is 0.249. The van der Waals surface area contributed by atoms with Crippen LogP contribution in [0.1, 0.15) is 16.1 Å². The first-order valence-electron chi connectivity index (χ1n) is 9.61. The van der Waals surface area contributed by atoms with Gasteiger partial charge in [0.05, 0.1) is 7.11 Å². The number of halogens is 1. The Hall–Kier alpha value is -2.54. The maximum absolute atomic E-state index is 12.7. The summed E-state index contributed by atoms with van der Waals surface area (Å²) < 4.78 is 11.4. The van der Waals surface area contributed by atoms with E-state index in [2.05, 4.69) is 28.2 Å². The van der Waals surface area contributed by atoms with Crippen LogP contribution in [0.3, 0.4) is 0 Å². The topological polar surface area (TPSA) is 58.0 Å². The van der Waals surface area contributed by atoms with Gasteiger partial charge in [-0.2, -0.15) is 0 Å². The van der Waals surface area contributed by atoms with Crippen LogP contribution < -0.4 is 10.1 Å². The van der Waals surface area contributed by atoms with Crippen molar-refractivity contribution in [2.45, 2.75) is 6.54 Å². The zero-order chi connectivity index (χ0) is 20.4. The van der Waals surface area contributed by atoms with E-state index in [1.807, 2.05) is 6.07 Å². The molecule has 1 N–H and O–H groups in total. The number of fused-ring (bicyclic) bond motifs is 1. The smallest absolute Gasteiger partial charge is 0.291 e. The predicted molar refractivity (Wildman–Crippen MR) is 115 cm³/mol. The molecule has 152 valence electrons. The van der Waals surface area contributed by atoms with Gasteiger partial charge in [-0.05, 0) is 49.0 Å². The van der Waals surface area contributed by atoms with E-state index >= 15 is 0 Å². The van der Waals surface area contributed by atoms with Crippen LogP contribution in [0.5, 0.6) is 5.75 Å². The Morgan fingerprint density at radius 3 is 2.55 bits per heavy atom.